The quantitative estimate of drug-likeness (QED) is 0.853. The lowest BCUT2D eigenvalue weighted by Gasteiger charge is -2.10. The van der Waals surface area contributed by atoms with Gasteiger partial charge in [-0.15, -0.1) is 0 Å². The molecule has 0 saturated carbocycles. The highest BCUT2D eigenvalue weighted by Crippen LogP contribution is 2.26. The summed E-state index contributed by atoms with van der Waals surface area (Å²) >= 11 is 11.8. The predicted molar refractivity (Wildman–Crippen MR) is 80.5 cm³/mol. The number of hydrogen-bond donors (Lipinski definition) is 2. The van der Waals surface area contributed by atoms with Gasteiger partial charge in [0.25, 0.3) is 0 Å². The van der Waals surface area contributed by atoms with Crippen molar-refractivity contribution in [3.63, 3.8) is 0 Å². The molecule has 7 heteroatoms. The van der Waals surface area contributed by atoms with Crippen LogP contribution in [0.4, 0.5) is 21.8 Å². The van der Waals surface area contributed by atoms with Gasteiger partial charge in [0.15, 0.2) is 5.82 Å². The lowest BCUT2D eigenvalue weighted by atomic mass is 10.3. The molecule has 106 valence electrons. The summed E-state index contributed by atoms with van der Waals surface area (Å²) in [7, 11) is 0. The van der Waals surface area contributed by atoms with E-state index >= 15 is 0 Å². The van der Waals surface area contributed by atoms with Crippen molar-refractivity contribution in [3.8, 4) is 0 Å². The van der Waals surface area contributed by atoms with E-state index in [-0.39, 0.29) is 0 Å². The standard InChI is InChI=1S/C13H13Cl2FN4/c1-2-3-17-13-18-7-11(15)12(20-13)19-10-5-8(14)4-9(16)6-10/h4-7H,2-3H2,1H3,(H2,17,18,19,20). The second kappa shape index (κ2) is 6.72. The van der Waals surface area contributed by atoms with Crippen LogP contribution < -0.4 is 10.6 Å². The van der Waals surface area contributed by atoms with Gasteiger partial charge in [0.1, 0.15) is 10.8 Å². The average molecular weight is 315 g/mol. The van der Waals surface area contributed by atoms with Gasteiger partial charge < -0.3 is 10.6 Å². The number of hydrogen-bond acceptors (Lipinski definition) is 4. The number of benzene rings is 1. The van der Waals surface area contributed by atoms with E-state index in [9.17, 15) is 4.39 Å². The molecule has 0 saturated heterocycles. The van der Waals surface area contributed by atoms with Crippen molar-refractivity contribution < 1.29 is 4.39 Å². The monoisotopic (exact) mass is 314 g/mol. The van der Waals surface area contributed by atoms with Gasteiger partial charge in [-0.2, -0.15) is 4.98 Å². The number of rotatable bonds is 5. The summed E-state index contributed by atoms with van der Waals surface area (Å²) in [4.78, 5) is 8.29. The summed E-state index contributed by atoms with van der Waals surface area (Å²) in [5.41, 5.74) is 0.469. The summed E-state index contributed by atoms with van der Waals surface area (Å²) in [5, 5.41) is 6.61. The highest BCUT2D eigenvalue weighted by molar-refractivity contribution is 6.33. The largest absolute Gasteiger partial charge is 0.354 e. The average Bonchev–Trinajstić information content (AvgIpc) is 2.38. The molecule has 2 aromatic rings. The van der Waals surface area contributed by atoms with Crippen molar-refractivity contribution >= 4 is 40.7 Å². The van der Waals surface area contributed by atoms with E-state index in [2.05, 4.69) is 20.6 Å². The van der Waals surface area contributed by atoms with E-state index < -0.39 is 5.82 Å². The summed E-state index contributed by atoms with van der Waals surface area (Å²) in [6.07, 6.45) is 2.43. The highest BCUT2D eigenvalue weighted by Gasteiger charge is 2.07. The zero-order valence-electron chi connectivity index (χ0n) is 10.8. The minimum atomic E-state index is -0.436. The topological polar surface area (TPSA) is 49.8 Å². The molecule has 0 aliphatic carbocycles. The molecule has 0 atom stereocenters. The Morgan fingerprint density at radius 1 is 1.25 bits per heavy atom. The maximum absolute atomic E-state index is 13.3. The van der Waals surface area contributed by atoms with E-state index in [1.54, 1.807) is 6.07 Å². The molecule has 2 N–H and O–H groups in total. The molecule has 1 aromatic carbocycles. The van der Waals surface area contributed by atoms with Gasteiger partial charge in [-0.1, -0.05) is 30.1 Å². The van der Waals surface area contributed by atoms with Crippen LogP contribution in [0.1, 0.15) is 13.3 Å². The van der Waals surface area contributed by atoms with Crippen LogP contribution in [0.25, 0.3) is 0 Å². The summed E-state index contributed by atoms with van der Waals surface area (Å²) in [6.45, 7) is 2.80. The summed E-state index contributed by atoms with van der Waals surface area (Å²) in [5.74, 6) is 0.415. The Morgan fingerprint density at radius 3 is 2.75 bits per heavy atom. The van der Waals surface area contributed by atoms with Gasteiger partial charge in [0, 0.05) is 17.3 Å². The second-order valence-electron chi connectivity index (χ2n) is 4.10. The van der Waals surface area contributed by atoms with Crippen LogP contribution in [0, 0.1) is 5.82 Å². The third kappa shape index (κ3) is 3.95. The number of anilines is 3. The number of halogens is 3. The third-order valence-corrected chi connectivity index (χ3v) is 2.90. The molecule has 0 unspecified atom stereocenters. The van der Waals surface area contributed by atoms with Crippen LogP contribution in [0.3, 0.4) is 0 Å². The van der Waals surface area contributed by atoms with Gasteiger partial charge in [-0.25, -0.2) is 9.37 Å². The normalized spacial score (nSPS) is 10.4. The second-order valence-corrected chi connectivity index (χ2v) is 4.94. The first-order valence-corrected chi connectivity index (χ1v) is 6.83. The van der Waals surface area contributed by atoms with Crippen molar-refractivity contribution in [3.05, 3.63) is 40.3 Å². The number of nitrogens with one attached hydrogen (secondary N) is 2. The van der Waals surface area contributed by atoms with Crippen LogP contribution in [0.15, 0.2) is 24.4 Å². The maximum atomic E-state index is 13.3. The van der Waals surface area contributed by atoms with Gasteiger partial charge >= 0.3 is 0 Å². The molecule has 0 radical (unpaired) electrons. The van der Waals surface area contributed by atoms with E-state index in [0.717, 1.165) is 13.0 Å². The lowest BCUT2D eigenvalue weighted by Crippen LogP contribution is -2.06. The smallest absolute Gasteiger partial charge is 0.224 e. The molecule has 2 rings (SSSR count). The first-order chi connectivity index (χ1) is 9.58. The maximum Gasteiger partial charge on any atom is 0.224 e. The molecule has 1 heterocycles. The lowest BCUT2D eigenvalue weighted by molar-refractivity contribution is 0.628. The van der Waals surface area contributed by atoms with Crippen LogP contribution in [-0.4, -0.2) is 16.5 Å². The van der Waals surface area contributed by atoms with E-state index in [4.69, 9.17) is 23.2 Å². The van der Waals surface area contributed by atoms with E-state index in [1.165, 1.54) is 18.3 Å². The van der Waals surface area contributed by atoms with Gasteiger partial charge in [-0.05, 0) is 24.6 Å². The first-order valence-electron chi connectivity index (χ1n) is 6.08. The van der Waals surface area contributed by atoms with Crippen LogP contribution >= 0.6 is 23.2 Å². The van der Waals surface area contributed by atoms with Gasteiger partial charge in [0.2, 0.25) is 5.95 Å². The Hall–Kier alpha value is -1.59. The zero-order chi connectivity index (χ0) is 14.5. The van der Waals surface area contributed by atoms with Crippen molar-refractivity contribution in [2.45, 2.75) is 13.3 Å². The Bertz CT molecular complexity index is 587. The predicted octanol–water partition coefficient (Wildman–Crippen LogP) is 4.49. The Kier molecular flexibility index (Phi) is 4.98. The van der Waals surface area contributed by atoms with Gasteiger partial charge in [-0.3, -0.25) is 0 Å². The van der Waals surface area contributed by atoms with Gasteiger partial charge in [0.05, 0.1) is 6.20 Å². The van der Waals surface area contributed by atoms with E-state index in [0.29, 0.717) is 27.5 Å². The SMILES string of the molecule is CCCNc1ncc(Cl)c(Nc2cc(F)cc(Cl)c2)n1. The van der Waals surface area contributed by atoms with Crippen molar-refractivity contribution in [2.75, 3.05) is 17.2 Å². The molecule has 4 nitrogen and oxygen atoms in total. The fraction of sp³-hybridized carbons (Fsp3) is 0.231. The van der Waals surface area contributed by atoms with Crippen LogP contribution in [0.5, 0.6) is 0 Å². The van der Waals surface area contributed by atoms with E-state index in [1.807, 2.05) is 6.92 Å². The molecule has 1 aromatic heterocycles. The molecule has 0 bridgehead atoms. The fourth-order valence-corrected chi connectivity index (χ4v) is 1.90. The van der Waals surface area contributed by atoms with Crippen molar-refractivity contribution in [2.24, 2.45) is 0 Å². The number of aromatic nitrogens is 2. The molecule has 0 fully saturated rings. The zero-order valence-corrected chi connectivity index (χ0v) is 12.3. The number of nitrogens with zero attached hydrogens (tertiary/aromatic N) is 2. The Labute approximate surface area is 126 Å². The molecular weight excluding hydrogens is 302 g/mol. The highest BCUT2D eigenvalue weighted by atomic mass is 35.5. The molecule has 0 spiro atoms. The third-order valence-electron chi connectivity index (χ3n) is 2.40. The summed E-state index contributed by atoms with van der Waals surface area (Å²) in [6, 6.07) is 4.12. The molecule has 20 heavy (non-hydrogen) atoms. The molecular formula is C13H13Cl2FN4. The molecule has 0 aliphatic heterocycles. The minimum absolute atomic E-state index is 0.294. The van der Waals surface area contributed by atoms with Crippen LogP contribution in [-0.2, 0) is 0 Å². The minimum Gasteiger partial charge on any atom is -0.354 e. The van der Waals surface area contributed by atoms with Crippen molar-refractivity contribution in [1.82, 2.24) is 9.97 Å². The Balaban J connectivity index is 2.23. The van der Waals surface area contributed by atoms with Crippen molar-refractivity contribution in [1.29, 1.82) is 0 Å². The first kappa shape index (κ1) is 14.8. The molecule has 0 aliphatic rings. The molecule has 0 amide bonds. The fourth-order valence-electron chi connectivity index (χ4n) is 1.54. The Morgan fingerprint density at radius 2 is 2.05 bits per heavy atom. The van der Waals surface area contributed by atoms with Crippen LogP contribution in [0.2, 0.25) is 10.0 Å². The summed E-state index contributed by atoms with van der Waals surface area (Å²) < 4.78 is 13.3.